The number of pyridine rings is 2. The van der Waals surface area contributed by atoms with E-state index >= 15 is 0 Å². The Morgan fingerprint density at radius 3 is 2.71 bits per heavy atom. The summed E-state index contributed by atoms with van der Waals surface area (Å²) in [7, 11) is 0. The van der Waals surface area contributed by atoms with Crippen LogP contribution in [0, 0.1) is 6.92 Å². The number of thiazole rings is 1. The molecule has 1 fully saturated rings. The lowest BCUT2D eigenvalue weighted by molar-refractivity contribution is 0.0256. The number of hydrogen-bond acceptors (Lipinski definition) is 7. The number of nitrogens with zero attached hydrogens (tertiary/aromatic N) is 2. The molecule has 0 radical (unpaired) electrons. The van der Waals surface area contributed by atoms with Crippen molar-refractivity contribution in [1.29, 1.82) is 0 Å². The zero-order valence-corrected chi connectivity index (χ0v) is 17.9. The number of benzene rings is 1. The lowest BCUT2D eigenvalue weighted by Crippen LogP contribution is -2.25. The average molecular weight is 435 g/mol. The monoisotopic (exact) mass is 434 g/mol. The molecule has 0 spiro atoms. The summed E-state index contributed by atoms with van der Waals surface area (Å²) in [6.45, 7) is 3.44. The molecule has 31 heavy (non-hydrogen) atoms. The molecule has 0 saturated carbocycles. The van der Waals surface area contributed by atoms with Gasteiger partial charge in [0.2, 0.25) is 0 Å². The highest BCUT2D eigenvalue weighted by molar-refractivity contribution is 7.13. The molecular formula is C23H22N4O3S. The van der Waals surface area contributed by atoms with Gasteiger partial charge in [-0.25, -0.2) is 9.97 Å². The zero-order valence-electron chi connectivity index (χ0n) is 17.1. The van der Waals surface area contributed by atoms with Gasteiger partial charge >= 0.3 is 0 Å². The molecule has 4 aromatic rings. The third-order valence-corrected chi connectivity index (χ3v) is 6.16. The summed E-state index contributed by atoms with van der Waals surface area (Å²) < 4.78 is 11.4. The van der Waals surface area contributed by atoms with Gasteiger partial charge in [0, 0.05) is 35.8 Å². The Morgan fingerprint density at radius 2 is 1.97 bits per heavy atom. The largest absolute Gasteiger partial charge is 0.490 e. The van der Waals surface area contributed by atoms with Crippen LogP contribution in [0.3, 0.4) is 0 Å². The molecular weight excluding hydrogens is 412 g/mol. The molecule has 0 unspecified atom stereocenters. The van der Waals surface area contributed by atoms with Gasteiger partial charge in [-0.2, -0.15) is 0 Å². The van der Waals surface area contributed by atoms with E-state index in [0.29, 0.717) is 11.2 Å². The summed E-state index contributed by atoms with van der Waals surface area (Å²) in [5.74, 6) is 1.32. The minimum atomic E-state index is -0.186. The van der Waals surface area contributed by atoms with E-state index in [1.54, 1.807) is 6.20 Å². The molecule has 0 atom stereocenters. The Morgan fingerprint density at radius 1 is 1.16 bits per heavy atom. The van der Waals surface area contributed by atoms with Crippen LogP contribution in [0.1, 0.15) is 18.5 Å². The van der Waals surface area contributed by atoms with Gasteiger partial charge in [0.25, 0.3) is 5.56 Å². The second-order valence-electron chi connectivity index (χ2n) is 7.50. The summed E-state index contributed by atoms with van der Waals surface area (Å²) >= 11 is 1.54. The van der Waals surface area contributed by atoms with Crippen molar-refractivity contribution in [2.24, 2.45) is 0 Å². The molecule has 7 nitrogen and oxygen atoms in total. The zero-order chi connectivity index (χ0) is 21.2. The molecule has 1 saturated heterocycles. The van der Waals surface area contributed by atoms with Crippen LogP contribution in [0.5, 0.6) is 5.75 Å². The smallest absolute Gasteiger partial charge is 0.259 e. The van der Waals surface area contributed by atoms with Gasteiger partial charge in [-0.05, 0) is 48.7 Å². The Hall–Kier alpha value is -3.23. The van der Waals surface area contributed by atoms with Gasteiger partial charge in [0.05, 0.1) is 18.6 Å². The Kier molecular flexibility index (Phi) is 5.40. The average Bonchev–Trinajstić information content (AvgIpc) is 3.22. The number of ether oxygens (including phenoxy) is 2. The first-order valence-corrected chi connectivity index (χ1v) is 11.1. The summed E-state index contributed by atoms with van der Waals surface area (Å²) in [6.07, 6.45) is 3.65. The van der Waals surface area contributed by atoms with E-state index in [1.807, 2.05) is 48.7 Å². The van der Waals surface area contributed by atoms with E-state index in [4.69, 9.17) is 14.5 Å². The molecule has 5 rings (SSSR count). The molecule has 4 heterocycles. The van der Waals surface area contributed by atoms with E-state index in [0.717, 1.165) is 59.3 Å². The maximum absolute atomic E-state index is 12.5. The highest BCUT2D eigenvalue weighted by Crippen LogP contribution is 2.30. The van der Waals surface area contributed by atoms with Crippen molar-refractivity contribution >= 4 is 33.6 Å². The molecule has 8 heteroatoms. The van der Waals surface area contributed by atoms with E-state index in [-0.39, 0.29) is 11.7 Å². The van der Waals surface area contributed by atoms with Gasteiger partial charge in [-0.15, -0.1) is 11.3 Å². The quantitative estimate of drug-likeness (QED) is 0.475. The van der Waals surface area contributed by atoms with Crippen LogP contribution < -0.4 is 15.6 Å². The van der Waals surface area contributed by atoms with Gasteiger partial charge in [0.15, 0.2) is 0 Å². The Balaban J connectivity index is 1.45. The van der Waals surface area contributed by atoms with Crippen LogP contribution in [-0.2, 0) is 4.74 Å². The van der Waals surface area contributed by atoms with Crippen LogP contribution in [0.4, 0.5) is 11.5 Å². The molecule has 158 valence electrons. The van der Waals surface area contributed by atoms with Gasteiger partial charge in [-0.3, -0.25) is 4.79 Å². The van der Waals surface area contributed by atoms with Gasteiger partial charge in [0.1, 0.15) is 28.4 Å². The Labute approximate surface area is 183 Å². The molecule has 0 aliphatic carbocycles. The SMILES string of the molecule is Cc1csc(-c2cc3cc[nH]c(=O)c3c(Nc3ccc(OC4CCOCC4)cc3)n2)n1. The van der Waals surface area contributed by atoms with Crippen molar-refractivity contribution in [3.05, 3.63) is 64.0 Å². The number of aromatic nitrogens is 3. The van der Waals surface area contributed by atoms with E-state index in [2.05, 4.69) is 15.3 Å². The van der Waals surface area contributed by atoms with Crippen molar-refractivity contribution in [2.45, 2.75) is 25.9 Å². The molecule has 3 aromatic heterocycles. The molecule has 2 N–H and O–H groups in total. The first-order valence-electron chi connectivity index (χ1n) is 10.2. The van der Waals surface area contributed by atoms with E-state index in [1.165, 1.54) is 11.3 Å². The van der Waals surface area contributed by atoms with Crippen LogP contribution in [0.15, 0.2) is 52.8 Å². The van der Waals surface area contributed by atoms with Gasteiger partial charge < -0.3 is 19.8 Å². The normalized spacial score (nSPS) is 14.6. The molecule has 1 aromatic carbocycles. The first-order chi connectivity index (χ1) is 15.2. The number of aromatic amines is 1. The van der Waals surface area contributed by atoms with Crippen molar-refractivity contribution in [2.75, 3.05) is 18.5 Å². The van der Waals surface area contributed by atoms with Gasteiger partial charge in [-0.1, -0.05) is 0 Å². The maximum atomic E-state index is 12.5. The number of hydrogen-bond donors (Lipinski definition) is 2. The topological polar surface area (TPSA) is 89.1 Å². The standard InChI is InChI=1S/C23H22N4O3S/c1-14-13-31-23(25-14)19-12-15-6-9-24-22(28)20(15)21(27-19)26-16-2-4-17(5-3-16)30-18-7-10-29-11-8-18/h2-6,9,12-13,18H,7-8,10-11H2,1H3,(H,24,28)(H,26,27). The van der Waals surface area contributed by atoms with Crippen molar-refractivity contribution in [1.82, 2.24) is 15.0 Å². The molecule has 1 aliphatic heterocycles. The molecule has 1 aliphatic rings. The second kappa shape index (κ2) is 8.49. The summed E-state index contributed by atoms with van der Waals surface area (Å²) in [5.41, 5.74) is 2.32. The first kappa shape index (κ1) is 19.7. The number of anilines is 2. The predicted molar refractivity (Wildman–Crippen MR) is 122 cm³/mol. The maximum Gasteiger partial charge on any atom is 0.259 e. The number of aryl methyl sites for hydroxylation is 1. The summed E-state index contributed by atoms with van der Waals surface area (Å²) in [6, 6.07) is 11.5. The third-order valence-electron chi connectivity index (χ3n) is 5.18. The fourth-order valence-electron chi connectivity index (χ4n) is 3.63. The highest BCUT2D eigenvalue weighted by Gasteiger charge is 2.16. The Bertz CT molecular complexity index is 1260. The van der Waals surface area contributed by atoms with Crippen LogP contribution in [0.25, 0.3) is 21.5 Å². The number of fused-ring (bicyclic) bond motifs is 1. The number of rotatable bonds is 5. The van der Waals surface area contributed by atoms with Crippen LogP contribution >= 0.6 is 11.3 Å². The third kappa shape index (κ3) is 4.30. The van der Waals surface area contributed by atoms with Crippen LogP contribution in [-0.4, -0.2) is 34.3 Å². The summed E-state index contributed by atoms with van der Waals surface area (Å²) in [4.78, 5) is 24.5. The highest BCUT2D eigenvalue weighted by atomic mass is 32.1. The number of H-pyrrole nitrogens is 1. The number of nitrogens with one attached hydrogen (secondary N) is 2. The van der Waals surface area contributed by atoms with E-state index < -0.39 is 0 Å². The molecule has 0 amide bonds. The second-order valence-corrected chi connectivity index (χ2v) is 8.36. The minimum absolute atomic E-state index is 0.186. The van der Waals surface area contributed by atoms with E-state index in [9.17, 15) is 4.79 Å². The van der Waals surface area contributed by atoms with Crippen molar-refractivity contribution in [3.63, 3.8) is 0 Å². The lowest BCUT2D eigenvalue weighted by Gasteiger charge is -2.23. The van der Waals surface area contributed by atoms with Crippen molar-refractivity contribution in [3.8, 4) is 16.5 Å². The van der Waals surface area contributed by atoms with Crippen molar-refractivity contribution < 1.29 is 9.47 Å². The summed E-state index contributed by atoms with van der Waals surface area (Å²) in [5, 5.41) is 7.44. The predicted octanol–water partition coefficient (Wildman–Crippen LogP) is 4.66. The fraction of sp³-hybridized carbons (Fsp3) is 0.261. The minimum Gasteiger partial charge on any atom is -0.490 e. The molecule has 0 bridgehead atoms. The fourth-order valence-corrected chi connectivity index (χ4v) is 4.38. The lowest BCUT2D eigenvalue weighted by atomic mass is 10.1. The van der Waals surface area contributed by atoms with Crippen LogP contribution in [0.2, 0.25) is 0 Å².